The number of nitrogens with zero attached hydrogens (tertiary/aromatic N) is 6. The molecule has 0 saturated carbocycles. The number of nitriles is 1. The van der Waals surface area contributed by atoms with Crippen molar-refractivity contribution in [1.82, 2.24) is 24.6 Å². The van der Waals surface area contributed by atoms with E-state index in [1.807, 2.05) is 29.8 Å². The van der Waals surface area contributed by atoms with Gasteiger partial charge in [0.05, 0.1) is 23.6 Å². The quantitative estimate of drug-likeness (QED) is 0.478. The van der Waals surface area contributed by atoms with Gasteiger partial charge in [0.1, 0.15) is 11.9 Å². The first-order valence-corrected chi connectivity index (χ1v) is 12.2. The van der Waals surface area contributed by atoms with Crippen LogP contribution in [0.1, 0.15) is 30.9 Å². The van der Waals surface area contributed by atoms with Crippen molar-refractivity contribution in [3.63, 3.8) is 0 Å². The first-order chi connectivity index (χ1) is 16.9. The summed E-state index contributed by atoms with van der Waals surface area (Å²) in [5, 5.41) is 31.2. The largest absolute Gasteiger partial charge is 0.395 e. The molecule has 0 amide bonds. The second kappa shape index (κ2) is 9.46. The summed E-state index contributed by atoms with van der Waals surface area (Å²) in [6.07, 6.45) is 3.94. The molecule has 2 aliphatic rings. The van der Waals surface area contributed by atoms with Gasteiger partial charge in [-0.2, -0.15) is 10.4 Å². The number of anilines is 3. The number of benzene rings is 1. The van der Waals surface area contributed by atoms with E-state index in [1.165, 1.54) is 0 Å². The van der Waals surface area contributed by atoms with Crippen molar-refractivity contribution in [2.24, 2.45) is 5.92 Å². The van der Waals surface area contributed by atoms with Gasteiger partial charge in [0.2, 0.25) is 5.95 Å². The lowest BCUT2D eigenvalue weighted by Gasteiger charge is -2.29. The molecule has 1 aromatic carbocycles. The number of rotatable bonds is 6. The van der Waals surface area contributed by atoms with Crippen LogP contribution in [0.2, 0.25) is 5.15 Å². The van der Waals surface area contributed by atoms with Gasteiger partial charge < -0.3 is 20.6 Å². The van der Waals surface area contributed by atoms with Crippen LogP contribution in [-0.2, 0) is 12.0 Å². The van der Waals surface area contributed by atoms with Gasteiger partial charge in [-0.25, -0.2) is 14.6 Å². The standard InChI is InChI=1S/C25H29ClN8O/c1-25(15-35)14-29-23-18(12-27)9-17(10-19(23)25)20-3-6-28-24(30-20)31-22-11-21(26)32-34(22)13-16-4-7-33(2)8-5-16/h3,6,9-11,16,29,35H,4-5,7-8,13-15H2,1-2H3,(H,28,30,31). The Morgan fingerprint density at radius 1 is 1.31 bits per heavy atom. The maximum Gasteiger partial charge on any atom is 0.228 e. The van der Waals surface area contributed by atoms with E-state index in [0.717, 1.165) is 55.1 Å². The lowest BCUT2D eigenvalue weighted by atomic mass is 9.83. The third-order valence-corrected chi connectivity index (χ3v) is 7.31. The Balaban J connectivity index is 1.42. The zero-order valence-electron chi connectivity index (χ0n) is 19.9. The van der Waals surface area contributed by atoms with Crippen LogP contribution in [-0.4, -0.2) is 63.0 Å². The number of hydrogen-bond donors (Lipinski definition) is 3. The maximum absolute atomic E-state index is 9.98. The first-order valence-electron chi connectivity index (χ1n) is 11.8. The smallest absolute Gasteiger partial charge is 0.228 e. The molecule has 0 aliphatic carbocycles. The van der Waals surface area contributed by atoms with E-state index in [-0.39, 0.29) is 6.61 Å². The summed E-state index contributed by atoms with van der Waals surface area (Å²) in [7, 11) is 2.15. The van der Waals surface area contributed by atoms with Gasteiger partial charge in [-0.15, -0.1) is 0 Å². The van der Waals surface area contributed by atoms with Crippen molar-refractivity contribution < 1.29 is 5.11 Å². The summed E-state index contributed by atoms with van der Waals surface area (Å²) >= 11 is 6.25. The Hall–Kier alpha value is -3.19. The van der Waals surface area contributed by atoms with Crippen molar-refractivity contribution in [2.45, 2.75) is 31.7 Å². The number of fused-ring (bicyclic) bond motifs is 1. The monoisotopic (exact) mass is 492 g/mol. The van der Waals surface area contributed by atoms with E-state index in [0.29, 0.717) is 34.8 Å². The summed E-state index contributed by atoms with van der Waals surface area (Å²) in [6, 6.07) is 9.70. The highest BCUT2D eigenvalue weighted by atomic mass is 35.5. The second-order valence-electron chi connectivity index (χ2n) is 9.80. The Kier molecular flexibility index (Phi) is 6.36. The molecule has 2 aromatic heterocycles. The van der Waals surface area contributed by atoms with Crippen LogP contribution < -0.4 is 10.6 Å². The molecule has 1 saturated heterocycles. The van der Waals surface area contributed by atoms with Crippen molar-refractivity contribution in [1.29, 1.82) is 5.26 Å². The molecule has 35 heavy (non-hydrogen) atoms. The van der Waals surface area contributed by atoms with Gasteiger partial charge in [0, 0.05) is 36.3 Å². The maximum atomic E-state index is 9.98. The molecule has 3 aromatic rings. The summed E-state index contributed by atoms with van der Waals surface area (Å²) in [6.45, 7) is 5.51. The number of likely N-dealkylation sites (tertiary alicyclic amines) is 1. The minimum absolute atomic E-state index is 0.0140. The fourth-order valence-electron chi connectivity index (χ4n) is 4.87. The molecule has 1 unspecified atom stereocenters. The van der Waals surface area contributed by atoms with Gasteiger partial charge in [-0.1, -0.05) is 18.5 Å². The molecule has 1 atom stereocenters. The number of hydrogen-bond acceptors (Lipinski definition) is 8. The number of piperidine rings is 1. The molecule has 4 heterocycles. The van der Waals surface area contributed by atoms with Crippen LogP contribution in [0.4, 0.5) is 17.5 Å². The zero-order chi connectivity index (χ0) is 24.6. The summed E-state index contributed by atoms with van der Waals surface area (Å²) in [5.74, 6) is 1.71. The van der Waals surface area contributed by atoms with Crippen molar-refractivity contribution in [2.75, 3.05) is 43.9 Å². The highest BCUT2D eigenvalue weighted by Crippen LogP contribution is 2.41. The third-order valence-electron chi connectivity index (χ3n) is 7.12. The molecule has 182 valence electrons. The van der Waals surface area contributed by atoms with Gasteiger partial charge in [-0.05, 0) is 62.7 Å². The van der Waals surface area contributed by atoms with Crippen LogP contribution in [0.15, 0.2) is 30.5 Å². The highest BCUT2D eigenvalue weighted by Gasteiger charge is 2.36. The molecular formula is C25H29ClN8O. The number of aliphatic hydroxyl groups excluding tert-OH is 1. The topological polar surface area (TPSA) is 115 Å². The van der Waals surface area contributed by atoms with E-state index in [4.69, 9.17) is 16.6 Å². The van der Waals surface area contributed by atoms with E-state index in [9.17, 15) is 10.4 Å². The molecule has 0 spiro atoms. The lowest BCUT2D eigenvalue weighted by Crippen LogP contribution is -2.32. The van der Waals surface area contributed by atoms with Gasteiger partial charge >= 0.3 is 0 Å². The summed E-state index contributed by atoms with van der Waals surface area (Å²) in [5.41, 5.74) is 3.26. The predicted octanol–water partition coefficient (Wildman–Crippen LogP) is 3.63. The van der Waals surface area contributed by atoms with Gasteiger partial charge in [-0.3, -0.25) is 0 Å². The SMILES string of the molecule is CN1CCC(Cn2nc(Cl)cc2Nc2nccc(-c3cc(C#N)c4c(c3)C(C)(CO)CN4)n2)CC1. The number of halogens is 1. The van der Waals surface area contributed by atoms with E-state index in [2.05, 4.69) is 38.7 Å². The molecule has 2 aliphatic heterocycles. The van der Waals surface area contributed by atoms with Crippen molar-refractivity contribution in [3.05, 3.63) is 46.7 Å². The molecule has 1 fully saturated rings. The molecule has 0 radical (unpaired) electrons. The molecule has 0 bridgehead atoms. The van der Waals surface area contributed by atoms with Crippen LogP contribution in [0.5, 0.6) is 0 Å². The number of nitrogens with one attached hydrogen (secondary N) is 2. The first kappa shape index (κ1) is 23.5. The van der Waals surface area contributed by atoms with E-state index >= 15 is 0 Å². The number of aromatic nitrogens is 4. The summed E-state index contributed by atoms with van der Waals surface area (Å²) < 4.78 is 1.90. The fraction of sp³-hybridized carbons (Fsp3) is 0.440. The Morgan fingerprint density at radius 2 is 2.11 bits per heavy atom. The lowest BCUT2D eigenvalue weighted by molar-refractivity contribution is 0.202. The highest BCUT2D eigenvalue weighted by molar-refractivity contribution is 6.29. The Bertz CT molecular complexity index is 1280. The average molecular weight is 493 g/mol. The molecule has 3 N–H and O–H groups in total. The van der Waals surface area contributed by atoms with Crippen molar-refractivity contribution in [3.8, 4) is 17.3 Å². The van der Waals surface area contributed by atoms with Crippen LogP contribution in [0.25, 0.3) is 11.3 Å². The Morgan fingerprint density at radius 3 is 2.86 bits per heavy atom. The minimum atomic E-state index is -0.456. The van der Waals surface area contributed by atoms with Gasteiger partial charge in [0.15, 0.2) is 5.15 Å². The third kappa shape index (κ3) is 4.69. The van der Waals surface area contributed by atoms with E-state index in [1.54, 1.807) is 12.3 Å². The molecule has 10 heteroatoms. The average Bonchev–Trinajstić information content (AvgIpc) is 3.39. The van der Waals surface area contributed by atoms with E-state index < -0.39 is 5.41 Å². The van der Waals surface area contributed by atoms with Gasteiger partial charge in [0.25, 0.3) is 0 Å². The second-order valence-corrected chi connectivity index (χ2v) is 10.2. The van der Waals surface area contributed by atoms with Crippen molar-refractivity contribution >= 4 is 29.1 Å². The van der Waals surface area contributed by atoms with Crippen LogP contribution in [0, 0.1) is 17.2 Å². The van der Waals surface area contributed by atoms with Crippen LogP contribution in [0.3, 0.4) is 0 Å². The van der Waals surface area contributed by atoms with Crippen LogP contribution >= 0.6 is 11.6 Å². The zero-order valence-corrected chi connectivity index (χ0v) is 20.7. The minimum Gasteiger partial charge on any atom is -0.395 e. The number of aliphatic hydroxyl groups is 1. The molecule has 5 rings (SSSR count). The predicted molar refractivity (Wildman–Crippen MR) is 136 cm³/mol. The summed E-state index contributed by atoms with van der Waals surface area (Å²) in [4.78, 5) is 11.5. The Labute approximate surface area is 209 Å². The molecule has 9 nitrogen and oxygen atoms in total. The normalized spacial score (nSPS) is 20.3. The molecular weight excluding hydrogens is 464 g/mol. The fourth-order valence-corrected chi connectivity index (χ4v) is 5.07.